The van der Waals surface area contributed by atoms with E-state index in [1.165, 1.54) is 28.9 Å². The second kappa shape index (κ2) is 29.9. The van der Waals surface area contributed by atoms with Gasteiger partial charge in [0, 0.05) is 100 Å². The number of Topliss-reactive ketones (excluding diaryl/α,β-unsaturated/α-hetero) is 1. The van der Waals surface area contributed by atoms with Crippen molar-refractivity contribution in [3.05, 3.63) is 120 Å². The number of hydrogen-bond donors (Lipinski definition) is 5. The summed E-state index contributed by atoms with van der Waals surface area (Å²) in [5, 5.41) is 19.0. The molecule has 1 aromatic heterocycles. The second-order valence-corrected chi connectivity index (χ2v) is 21.8. The van der Waals surface area contributed by atoms with Crippen molar-refractivity contribution in [3.63, 3.8) is 0 Å². The van der Waals surface area contributed by atoms with Crippen molar-refractivity contribution in [2.45, 2.75) is 116 Å². The van der Waals surface area contributed by atoms with Crippen molar-refractivity contribution in [2.24, 2.45) is 29.4 Å². The number of benzene rings is 3. The predicted molar refractivity (Wildman–Crippen MR) is 299 cm³/mol. The molecule has 2 saturated heterocycles. The summed E-state index contributed by atoms with van der Waals surface area (Å²) in [6.07, 6.45) is 2.91. The molecular weight excluding hydrogens is 1080 g/mol. The molecule has 23 heteroatoms. The number of amides is 8. The molecule has 0 aliphatic carbocycles. The van der Waals surface area contributed by atoms with Crippen LogP contribution in [0.15, 0.2) is 91.1 Å². The zero-order valence-electron chi connectivity index (χ0n) is 47.0. The zero-order valence-corrected chi connectivity index (χ0v) is 47.0. The van der Waals surface area contributed by atoms with Gasteiger partial charge in [0.05, 0.1) is 24.3 Å². The predicted octanol–water partition coefficient (Wildman–Crippen LogP) is 6.75. The van der Waals surface area contributed by atoms with Crippen LogP contribution in [-0.2, 0) is 51.4 Å². The molecule has 2 fully saturated rings. The quantitative estimate of drug-likeness (QED) is 0.0292. The van der Waals surface area contributed by atoms with E-state index in [2.05, 4.69) is 16.0 Å². The molecule has 0 bridgehead atoms. The number of nitrogens with zero attached hydrogens (tertiary/aromatic N) is 5. The van der Waals surface area contributed by atoms with Crippen molar-refractivity contribution in [2.75, 3.05) is 51.3 Å². The highest BCUT2D eigenvalue weighted by Crippen LogP contribution is 2.39. The molecule has 446 valence electrons. The molecular formula is C60H74F3N9O11. The average molecular weight is 1150 g/mol. The van der Waals surface area contributed by atoms with Crippen molar-refractivity contribution in [1.82, 2.24) is 34.9 Å². The largest absolute Gasteiger partial charge is 0.445 e. The molecule has 4 heterocycles. The van der Waals surface area contributed by atoms with Gasteiger partial charge in [0.2, 0.25) is 11.8 Å². The smallest absolute Gasteiger partial charge is 0.410 e. The molecule has 83 heavy (non-hydrogen) atoms. The molecule has 20 nitrogen and oxygen atoms in total. The minimum atomic E-state index is -1.62. The van der Waals surface area contributed by atoms with Crippen LogP contribution in [-0.4, -0.2) is 141 Å². The molecule has 0 spiro atoms. The Morgan fingerprint density at radius 3 is 2.28 bits per heavy atom. The molecule has 6 atom stereocenters. The number of likely N-dealkylation sites (tertiary alicyclic amines) is 1. The van der Waals surface area contributed by atoms with Crippen LogP contribution in [0.4, 0.5) is 28.4 Å². The molecule has 3 aromatic carbocycles. The van der Waals surface area contributed by atoms with Gasteiger partial charge in [-0.25, -0.2) is 27.7 Å². The number of unbranched alkanes of at least 4 members (excludes halogenated alkanes) is 2. The van der Waals surface area contributed by atoms with E-state index in [1.54, 1.807) is 48.9 Å². The third kappa shape index (κ3) is 17.6. The topological polar surface area (TPSA) is 265 Å². The number of halogens is 3. The van der Waals surface area contributed by atoms with Crippen LogP contribution < -0.4 is 21.7 Å². The monoisotopic (exact) mass is 1150 g/mol. The molecule has 7 rings (SSSR count). The normalized spacial score (nSPS) is 17.7. The number of rotatable bonds is 28. The maximum absolute atomic E-state index is 16.3. The van der Waals surface area contributed by atoms with Gasteiger partial charge < -0.3 is 50.6 Å². The lowest BCUT2D eigenvalue weighted by Gasteiger charge is -2.40. The van der Waals surface area contributed by atoms with E-state index in [1.807, 2.05) is 30.3 Å². The molecule has 6 N–H and O–H groups in total. The highest BCUT2D eigenvalue weighted by atomic mass is 19.1. The summed E-state index contributed by atoms with van der Waals surface area (Å²) in [4.78, 5) is 112. The third-order valence-electron chi connectivity index (χ3n) is 15.2. The van der Waals surface area contributed by atoms with Gasteiger partial charge in [-0.1, -0.05) is 62.7 Å². The lowest BCUT2D eigenvalue weighted by atomic mass is 9.88. The van der Waals surface area contributed by atoms with E-state index >= 15 is 8.78 Å². The molecule has 0 saturated carbocycles. The van der Waals surface area contributed by atoms with E-state index in [-0.39, 0.29) is 112 Å². The highest BCUT2D eigenvalue weighted by molar-refractivity contribution is 6.12. The Labute approximate surface area is 480 Å². The fraction of sp³-hybridized carbons (Fsp3) is 0.483. The molecule has 3 aliphatic heterocycles. The number of primary amides is 1. The number of carbonyl (C=O) groups excluding carboxylic acids is 8. The number of nitrogens with one attached hydrogen (secondary N) is 3. The number of ether oxygens (including phenoxy) is 2. The van der Waals surface area contributed by atoms with Crippen LogP contribution in [0.25, 0.3) is 11.3 Å². The number of alkyl halides is 1. The van der Waals surface area contributed by atoms with Crippen LogP contribution in [0.1, 0.15) is 102 Å². The first-order valence-corrected chi connectivity index (χ1v) is 28.2. The van der Waals surface area contributed by atoms with Crippen molar-refractivity contribution < 1.29 is 66.1 Å². The van der Waals surface area contributed by atoms with Gasteiger partial charge >= 0.3 is 12.1 Å². The van der Waals surface area contributed by atoms with Gasteiger partial charge in [-0.05, 0) is 98.7 Å². The van der Waals surface area contributed by atoms with E-state index in [0.717, 1.165) is 28.7 Å². The second-order valence-electron chi connectivity index (χ2n) is 21.8. The van der Waals surface area contributed by atoms with E-state index in [0.29, 0.717) is 68.8 Å². The van der Waals surface area contributed by atoms with Crippen molar-refractivity contribution in [3.8, 4) is 11.3 Å². The number of anilines is 1. The third-order valence-corrected chi connectivity index (χ3v) is 15.2. The Balaban J connectivity index is 0.976. The van der Waals surface area contributed by atoms with Crippen LogP contribution in [0, 0.1) is 35.3 Å². The van der Waals surface area contributed by atoms with Crippen LogP contribution >= 0.6 is 0 Å². The Kier molecular flexibility index (Phi) is 22.6. The van der Waals surface area contributed by atoms with Crippen LogP contribution in [0.3, 0.4) is 0 Å². The Hall–Kier alpha value is -7.92. The summed E-state index contributed by atoms with van der Waals surface area (Å²) in [6, 6.07) is 16.3. The summed E-state index contributed by atoms with van der Waals surface area (Å²) in [5.74, 6) is -6.17. The average Bonchev–Trinajstić information content (AvgIpc) is 3.55. The first-order valence-electron chi connectivity index (χ1n) is 28.2. The maximum Gasteiger partial charge on any atom is 0.410 e. The summed E-state index contributed by atoms with van der Waals surface area (Å²) >= 11 is 0. The molecule has 0 unspecified atom stereocenters. The lowest BCUT2D eigenvalue weighted by Crippen LogP contribution is -2.48. The van der Waals surface area contributed by atoms with Gasteiger partial charge in [0.1, 0.15) is 36.3 Å². The number of aromatic nitrogens is 2. The number of nitrogens with two attached hydrogens (primary N) is 1. The maximum atomic E-state index is 16.3. The highest BCUT2D eigenvalue weighted by Gasteiger charge is 2.44. The van der Waals surface area contributed by atoms with Crippen LogP contribution in [0.2, 0.25) is 0 Å². The molecule has 4 aromatic rings. The number of aliphatic hydroxyl groups excluding tert-OH is 1. The summed E-state index contributed by atoms with van der Waals surface area (Å²) in [7, 11) is 0. The first-order chi connectivity index (χ1) is 39.8. The SMILES string of the molecule is CC(C)[C@H](NC(=O)CCCCCN1C(=O)C=CC1=O)C(=O)C[C@@H](CCCNC(N)=O)C(=O)Nc1ccc(COC(=O)N2C[C@@H](CN(C(=O)[C@H](C)O)[C@@H](c3nc(-c4cc(F)ccc4F)cn3Cc3ccccc3)C3CCOCC3)[C@@H](F)C2)cc1. The number of aliphatic hydroxyl groups is 1. The van der Waals surface area contributed by atoms with E-state index in [4.69, 9.17) is 20.2 Å². The number of urea groups is 1. The zero-order chi connectivity index (χ0) is 59.7. The fourth-order valence-electron chi connectivity index (χ4n) is 10.7. The Morgan fingerprint density at radius 2 is 1.60 bits per heavy atom. The first kappa shape index (κ1) is 62.7. The minimum absolute atomic E-state index is 0.0946. The van der Waals surface area contributed by atoms with Crippen molar-refractivity contribution in [1.29, 1.82) is 0 Å². The van der Waals surface area contributed by atoms with Crippen molar-refractivity contribution >= 4 is 53.1 Å². The molecule has 0 radical (unpaired) electrons. The number of imide groups is 1. The van der Waals surface area contributed by atoms with E-state index < -0.39 is 71.8 Å². The van der Waals surface area contributed by atoms with Gasteiger partial charge in [0.15, 0.2) is 5.78 Å². The van der Waals surface area contributed by atoms with E-state index in [9.17, 15) is 47.9 Å². The summed E-state index contributed by atoms with van der Waals surface area (Å²) < 4.78 is 59.4. The van der Waals surface area contributed by atoms with Gasteiger partial charge in [-0.15, -0.1) is 0 Å². The number of carbonyl (C=O) groups is 8. The van der Waals surface area contributed by atoms with Crippen LogP contribution in [0.5, 0.6) is 0 Å². The molecule has 3 aliphatic rings. The number of imidazole rings is 1. The Bertz CT molecular complexity index is 2940. The van der Waals surface area contributed by atoms with Gasteiger partial charge in [0.25, 0.3) is 17.7 Å². The van der Waals surface area contributed by atoms with Gasteiger partial charge in [-0.3, -0.25) is 33.7 Å². The fourth-order valence-corrected chi connectivity index (χ4v) is 10.7. The summed E-state index contributed by atoms with van der Waals surface area (Å²) in [5.41, 5.74) is 6.99. The number of hydrogen-bond acceptors (Lipinski definition) is 12. The number of ketones is 1. The Morgan fingerprint density at radius 1 is 0.892 bits per heavy atom. The summed E-state index contributed by atoms with van der Waals surface area (Å²) in [6.45, 7) is 5.22. The standard InChI is InChI=1S/C60H74F3N9O11/c1-37(2)54(68-51(75)14-8-5-9-26-71-52(76)21-22-53(71)77)50(74)29-42(13-10-25-65-59(64)80)57(78)66-45-18-15-40(16-19-45)36-83-60(81)70-32-43(48(63)34-70)33-72(58(79)38(3)73)55(41-23-27-82-28-24-41)56-67-49(46-30-44(61)17-20-47(46)62)35-69(56)31-39-11-6-4-7-12-39/h4,6-7,11-12,15-22,30,35,37-38,41-43,48,54-55,73H,5,8-10,13-14,23-29,31-34,36H2,1-3H3,(H,66,78)(H,68,75)(H3,64,65,80)/t38-,42+,43-,48-,54-,55+/m0/s1. The molecule has 8 amide bonds. The van der Waals surface area contributed by atoms with Gasteiger partial charge in [-0.2, -0.15) is 0 Å². The lowest BCUT2D eigenvalue weighted by molar-refractivity contribution is -0.145. The minimum Gasteiger partial charge on any atom is -0.445 e.